The molecule has 2 unspecified atom stereocenters. The van der Waals surface area contributed by atoms with Crippen LogP contribution in [0.4, 0.5) is 0 Å². The number of rotatable bonds is 2. The van der Waals surface area contributed by atoms with Gasteiger partial charge in [-0.15, -0.1) is 0 Å². The number of halogens is 1. The Balaban J connectivity index is 2.21. The van der Waals surface area contributed by atoms with Crippen LogP contribution in [0.15, 0.2) is 12.4 Å². The minimum Gasteiger partial charge on any atom is -0.480 e. The Hall–Kier alpha value is -1.69. The molecular weight excluding hydrogens is 270 g/mol. The molecule has 0 radical (unpaired) electrons. The topological polar surface area (TPSA) is 83.4 Å². The third-order valence-corrected chi connectivity index (χ3v) is 3.45. The fourth-order valence-corrected chi connectivity index (χ4v) is 2.29. The maximum absolute atomic E-state index is 12.2. The number of piperidine rings is 1. The van der Waals surface area contributed by atoms with Gasteiger partial charge in [-0.3, -0.25) is 4.79 Å². The van der Waals surface area contributed by atoms with Crippen LogP contribution in [-0.4, -0.2) is 44.4 Å². The molecule has 1 amide bonds. The number of hydrogen-bond donors (Lipinski definition) is 1. The number of aromatic nitrogens is 2. The minimum atomic E-state index is -0.984. The Morgan fingerprint density at radius 3 is 2.74 bits per heavy atom. The zero-order valence-electron chi connectivity index (χ0n) is 10.4. The number of carboxylic acid groups (broad SMARTS) is 1. The largest absolute Gasteiger partial charge is 0.480 e. The fraction of sp³-hybridized carbons (Fsp3) is 0.500. The second-order valence-electron chi connectivity index (χ2n) is 4.71. The summed E-state index contributed by atoms with van der Waals surface area (Å²) in [4.78, 5) is 32.5. The van der Waals surface area contributed by atoms with Crippen LogP contribution in [0.2, 0.25) is 5.15 Å². The van der Waals surface area contributed by atoms with Gasteiger partial charge in [0.25, 0.3) is 5.91 Å². The van der Waals surface area contributed by atoms with E-state index < -0.39 is 17.9 Å². The van der Waals surface area contributed by atoms with Gasteiger partial charge in [0.05, 0.1) is 12.4 Å². The van der Waals surface area contributed by atoms with E-state index in [9.17, 15) is 14.7 Å². The number of aliphatic carboxylic acids is 1. The van der Waals surface area contributed by atoms with Crippen LogP contribution < -0.4 is 0 Å². The van der Waals surface area contributed by atoms with Crippen LogP contribution in [0.1, 0.15) is 30.3 Å². The summed E-state index contributed by atoms with van der Waals surface area (Å²) < 4.78 is 0. The third-order valence-electron chi connectivity index (χ3n) is 3.25. The van der Waals surface area contributed by atoms with E-state index in [4.69, 9.17) is 11.6 Å². The van der Waals surface area contributed by atoms with Gasteiger partial charge in [0.15, 0.2) is 0 Å². The number of likely N-dealkylation sites (tertiary alicyclic amines) is 1. The van der Waals surface area contributed by atoms with Gasteiger partial charge in [0.2, 0.25) is 0 Å². The van der Waals surface area contributed by atoms with E-state index in [1.165, 1.54) is 17.3 Å². The van der Waals surface area contributed by atoms with Gasteiger partial charge in [0.1, 0.15) is 16.9 Å². The average Bonchev–Trinajstić information content (AvgIpc) is 2.38. The van der Waals surface area contributed by atoms with Crippen molar-refractivity contribution in [2.24, 2.45) is 5.92 Å². The monoisotopic (exact) mass is 283 g/mol. The van der Waals surface area contributed by atoms with Crippen LogP contribution in [0.5, 0.6) is 0 Å². The highest BCUT2D eigenvalue weighted by molar-refractivity contribution is 6.29. The van der Waals surface area contributed by atoms with E-state index in [2.05, 4.69) is 9.97 Å². The molecule has 0 aliphatic carbocycles. The van der Waals surface area contributed by atoms with Crippen molar-refractivity contribution >= 4 is 23.5 Å². The molecule has 7 heteroatoms. The normalized spacial score (nSPS) is 23.2. The second-order valence-corrected chi connectivity index (χ2v) is 5.09. The van der Waals surface area contributed by atoms with E-state index in [-0.39, 0.29) is 10.8 Å². The summed E-state index contributed by atoms with van der Waals surface area (Å²) in [5.41, 5.74) is 0.116. The highest BCUT2D eigenvalue weighted by atomic mass is 35.5. The lowest BCUT2D eigenvalue weighted by Crippen LogP contribution is -2.50. The number of nitrogens with zero attached hydrogens (tertiary/aromatic N) is 3. The summed E-state index contributed by atoms with van der Waals surface area (Å²) in [6.45, 7) is 2.40. The Morgan fingerprint density at radius 1 is 1.42 bits per heavy atom. The van der Waals surface area contributed by atoms with Gasteiger partial charge in [-0.1, -0.05) is 18.5 Å². The molecule has 2 rings (SSSR count). The lowest BCUT2D eigenvalue weighted by molar-refractivity contribution is -0.144. The van der Waals surface area contributed by atoms with E-state index in [0.717, 1.165) is 6.42 Å². The third kappa shape index (κ3) is 3.01. The molecule has 6 nitrogen and oxygen atoms in total. The lowest BCUT2D eigenvalue weighted by Gasteiger charge is -2.35. The van der Waals surface area contributed by atoms with E-state index in [1.807, 2.05) is 6.92 Å². The summed E-state index contributed by atoms with van der Waals surface area (Å²) >= 11 is 5.61. The van der Waals surface area contributed by atoms with Crippen molar-refractivity contribution in [1.29, 1.82) is 0 Å². The first kappa shape index (κ1) is 13.7. The fourth-order valence-electron chi connectivity index (χ4n) is 2.19. The first-order valence-corrected chi connectivity index (χ1v) is 6.38. The number of carbonyl (C=O) groups excluding carboxylic acids is 1. The van der Waals surface area contributed by atoms with Crippen LogP contribution in [0.3, 0.4) is 0 Å². The highest BCUT2D eigenvalue weighted by Crippen LogP contribution is 2.24. The van der Waals surface area contributed by atoms with E-state index in [1.54, 1.807) is 0 Å². The van der Waals surface area contributed by atoms with Gasteiger partial charge in [-0.2, -0.15) is 0 Å². The number of amides is 1. The van der Waals surface area contributed by atoms with Crippen LogP contribution in [0, 0.1) is 5.92 Å². The van der Waals surface area contributed by atoms with Crippen molar-refractivity contribution in [3.05, 3.63) is 23.2 Å². The van der Waals surface area contributed by atoms with Crippen molar-refractivity contribution in [1.82, 2.24) is 14.9 Å². The lowest BCUT2D eigenvalue weighted by atomic mass is 9.92. The number of carbonyl (C=O) groups is 2. The Bertz CT molecular complexity index is 491. The second kappa shape index (κ2) is 5.52. The quantitative estimate of drug-likeness (QED) is 0.888. The molecule has 2 atom stereocenters. The number of hydrogen-bond acceptors (Lipinski definition) is 4. The SMILES string of the molecule is CC1CCN(C(=O)c2cnc(Cl)cn2)C(C(=O)O)C1. The molecule has 0 bridgehead atoms. The Kier molecular flexibility index (Phi) is 3.99. The minimum absolute atomic E-state index is 0.116. The van der Waals surface area contributed by atoms with Crippen molar-refractivity contribution in [2.45, 2.75) is 25.8 Å². The molecule has 1 N–H and O–H groups in total. The van der Waals surface area contributed by atoms with Crippen molar-refractivity contribution in [2.75, 3.05) is 6.54 Å². The van der Waals surface area contributed by atoms with Gasteiger partial charge in [-0.05, 0) is 18.8 Å². The van der Waals surface area contributed by atoms with Crippen LogP contribution in [0.25, 0.3) is 0 Å². The molecule has 0 spiro atoms. The maximum atomic E-state index is 12.2. The van der Waals surface area contributed by atoms with E-state index in [0.29, 0.717) is 18.9 Å². The molecule has 1 aliphatic rings. The zero-order chi connectivity index (χ0) is 14.0. The average molecular weight is 284 g/mol. The molecule has 1 aromatic rings. The van der Waals surface area contributed by atoms with Crippen molar-refractivity contribution < 1.29 is 14.7 Å². The highest BCUT2D eigenvalue weighted by Gasteiger charge is 2.35. The van der Waals surface area contributed by atoms with Crippen LogP contribution in [-0.2, 0) is 4.79 Å². The smallest absolute Gasteiger partial charge is 0.326 e. The predicted molar refractivity (Wildman–Crippen MR) is 67.9 cm³/mol. The molecule has 0 saturated carbocycles. The van der Waals surface area contributed by atoms with E-state index >= 15 is 0 Å². The Morgan fingerprint density at radius 2 is 2.16 bits per heavy atom. The Labute approximate surface area is 115 Å². The summed E-state index contributed by atoms with van der Waals surface area (Å²) in [6.07, 6.45) is 3.79. The zero-order valence-corrected chi connectivity index (χ0v) is 11.2. The molecule has 2 heterocycles. The number of carboxylic acids is 1. The molecule has 1 aliphatic heterocycles. The molecule has 0 aromatic carbocycles. The first-order chi connectivity index (χ1) is 8.99. The predicted octanol–water partition coefficient (Wildman–Crippen LogP) is 1.46. The molecule has 1 aromatic heterocycles. The molecule has 1 saturated heterocycles. The first-order valence-electron chi connectivity index (χ1n) is 6.00. The van der Waals surface area contributed by atoms with Crippen molar-refractivity contribution in [3.63, 3.8) is 0 Å². The van der Waals surface area contributed by atoms with Gasteiger partial charge in [-0.25, -0.2) is 14.8 Å². The summed E-state index contributed by atoms with van der Waals surface area (Å²) in [5, 5.41) is 9.41. The van der Waals surface area contributed by atoms with Gasteiger partial charge in [0, 0.05) is 6.54 Å². The summed E-state index contributed by atoms with van der Waals surface area (Å²) in [7, 11) is 0. The molecular formula is C12H14ClN3O3. The van der Waals surface area contributed by atoms with Crippen LogP contribution >= 0.6 is 11.6 Å². The van der Waals surface area contributed by atoms with Gasteiger partial charge >= 0.3 is 5.97 Å². The van der Waals surface area contributed by atoms with Gasteiger partial charge < -0.3 is 10.0 Å². The molecule has 102 valence electrons. The van der Waals surface area contributed by atoms with Crippen molar-refractivity contribution in [3.8, 4) is 0 Å². The molecule has 1 fully saturated rings. The molecule has 19 heavy (non-hydrogen) atoms. The summed E-state index contributed by atoms with van der Waals surface area (Å²) in [6, 6.07) is -0.797. The standard InChI is InChI=1S/C12H14ClN3O3/c1-7-2-3-16(9(4-7)12(18)19)11(17)8-5-15-10(13)6-14-8/h5-7,9H,2-4H2,1H3,(H,18,19). The summed E-state index contributed by atoms with van der Waals surface area (Å²) in [5.74, 6) is -1.10. The maximum Gasteiger partial charge on any atom is 0.326 e.